The summed E-state index contributed by atoms with van der Waals surface area (Å²) in [5.74, 6) is -1.60. The quantitative estimate of drug-likeness (QED) is 0.607. The van der Waals surface area contributed by atoms with E-state index in [4.69, 9.17) is 5.26 Å². The summed E-state index contributed by atoms with van der Waals surface area (Å²) in [7, 11) is 1.20. The summed E-state index contributed by atoms with van der Waals surface area (Å²) in [5.41, 5.74) is 2.20. The van der Waals surface area contributed by atoms with Crippen molar-refractivity contribution in [3.05, 3.63) is 29.1 Å². The Morgan fingerprint density at radius 3 is 2.42 bits per heavy atom. The van der Waals surface area contributed by atoms with Gasteiger partial charge in [0.25, 0.3) is 0 Å². The van der Waals surface area contributed by atoms with Crippen LogP contribution in [-0.2, 0) is 18.0 Å². The van der Waals surface area contributed by atoms with Crippen LogP contribution in [0.5, 0.6) is 0 Å². The number of thiocyanates is 1. The van der Waals surface area contributed by atoms with Gasteiger partial charge in [0, 0.05) is 17.6 Å². The third-order valence-electron chi connectivity index (χ3n) is 3.35. The highest BCUT2D eigenvalue weighted by atomic mass is 32.2. The predicted molar refractivity (Wildman–Crippen MR) is 92.7 cm³/mol. The molecular formula is C15H14F3N5OS2. The maximum atomic E-state index is 12.7. The van der Waals surface area contributed by atoms with Crippen LogP contribution in [0.2, 0.25) is 0 Å². The van der Waals surface area contributed by atoms with E-state index in [1.807, 2.05) is 5.40 Å². The Kier molecular flexibility index (Phi) is 6.20. The molecule has 1 aromatic heterocycles. The average molecular weight is 401 g/mol. The zero-order valence-corrected chi connectivity index (χ0v) is 15.6. The maximum Gasteiger partial charge on any atom is 0.451 e. The van der Waals surface area contributed by atoms with Crippen LogP contribution in [-0.4, -0.2) is 26.4 Å². The highest BCUT2D eigenvalue weighted by Gasteiger charge is 2.37. The summed E-state index contributed by atoms with van der Waals surface area (Å²) in [6.07, 6.45) is -4.60. The smallest absolute Gasteiger partial charge is 0.325 e. The van der Waals surface area contributed by atoms with Crippen molar-refractivity contribution in [2.45, 2.75) is 30.1 Å². The predicted octanol–water partition coefficient (Wildman–Crippen LogP) is 3.75. The van der Waals surface area contributed by atoms with E-state index in [9.17, 15) is 18.0 Å². The molecule has 0 fully saturated rings. The van der Waals surface area contributed by atoms with Crippen LogP contribution in [0.25, 0.3) is 0 Å². The summed E-state index contributed by atoms with van der Waals surface area (Å²) in [4.78, 5) is 12.9. The van der Waals surface area contributed by atoms with Gasteiger partial charge in [-0.3, -0.25) is 4.79 Å². The minimum absolute atomic E-state index is 0.00156. The number of thioether (sulfide) groups is 2. The van der Waals surface area contributed by atoms with E-state index in [0.29, 0.717) is 5.69 Å². The molecule has 0 aliphatic rings. The first-order valence-corrected chi connectivity index (χ1v) is 9.00. The number of nitrogens with one attached hydrogen (secondary N) is 1. The molecule has 2 aromatic rings. The number of alkyl halides is 3. The van der Waals surface area contributed by atoms with Crippen molar-refractivity contribution in [3.63, 3.8) is 0 Å². The van der Waals surface area contributed by atoms with E-state index < -0.39 is 12.0 Å². The molecule has 11 heteroatoms. The molecule has 138 valence electrons. The van der Waals surface area contributed by atoms with Crippen LogP contribution in [0.3, 0.4) is 0 Å². The van der Waals surface area contributed by atoms with Gasteiger partial charge in [-0.15, -0.1) is 10.2 Å². The Labute approximate surface area is 156 Å². The number of nitrogens with zero attached hydrogens (tertiary/aromatic N) is 4. The minimum atomic E-state index is -4.60. The summed E-state index contributed by atoms with van der Waals surface area (Å²) in [5, 5.41) is 20.0. The SMILES string of the molecule is Cc1cc(SC#N)cc(C)c1NC(=O)CSc1nnc(C(F)(F)F)n1C. The van der Waals surface area contributed by atoms with E-state index in [0.717, 1.165) is 44.1 Å². The molecule has 1 N–H and O–H groups in total. The maximum absolute atomic E-state index is 12.7. The van der Waals surface area contributed by atoms with Gasteiger partial charge in [-0.2, -0.15) is 18.4 Å². The second-order valence-electron chi connectivity index (χ2n) is 5.33. The zero-order valence-electron chi connectivity index (χ0n) is 14.0. The number of amides is 1. The number of anilines is 1. The van der Waals surface area contributed by atoms with Crippen LogP contribution in [0, 0.1) is 24.5 Å². The second-order valence-corrected chi connectivity index (χ2v) is 7.13. The monoisotopic (exact) mass is 401 g/mol. The number of aromatic nitrogens is 3. The van der Waals surface area contributed by atoms with Gasteiger partial charge in [-0.05, 0) is 48.9 Å². The van der Waals surface area contributed by atoms with Gasteiger partial charge in [0.2, 0.25) is 11.7 Å². The normalized spacial score (nSPS) is 11.3. The Morgan fingerprint density at radius 2 is 1.92 bits per heavy atom. The van der Waals surface area contributed by atoms with E-state index in [1.54, 1.807) is 26.0 Å². The molecule has 2 rings (SSSR count). The van der Waals surface area contributed by atoms with E-state index in [1.165, 1.54) is 7.05 Å². The molecule has 0 saturated carbocycles. The van der Waals surface area contributed by atoms with Gasteiger partial charge < -0.3 is 9.88 Å². The van der Waals surface area contributed by atoms with Crippen molar-refractivity contribution in [2.75, 3.05) is 11.1 Å². The van der Waals surface area contributed by atoms with Crippen LogP contribution < -0.4 is 5.32 Å². The summed E-state index contributed by atoms with van der Waals surface area (Å²) >= 11 is 1.89. The van der Waals surface area contributed by atoms with Crippen LogP contribution >= 0.6 is 23.5 Å². The summed E-state index contributed by atoms with van der Waals surface area (Å²) in [6.45, 7) is 3.60. The summed E-state index contributed by atoms with van der Waals surface area (Å²) in [6, 6.07) is 3.56. The summed E-state index contributed by atoms with van der Waals surface area (Å²) < 4.78 is 38.9. The van der Waals surface area contributed by atoms with Crippen LogP contribution in [0.1, 0.15) is 17.0 Å². The molecule has 0 unspecified atom stereocenters. The number of rotatable bonds is 5. The number of carbonyl (C=O) groups is 1. The van der Waals surface area contributed by atoms with Crippen molar-refractivity contribution < 1.29 is 18.0 Å². The van der Waals surface area contributed by atoms with E-state index in [2.05, 4.69) is 15.5 Å². The molecule has 0 saturated heterocycles. The largest absolute Gasteiger partial charge is 0.451 e. The number of carbonyl (C=O) groups excluding carboxylic acids is 1. The standard InChI is InChI=1S/C15H14F3N5OS2/c1-8-4-10(26-7-19)5-9(2)12(8)20-11(24)6-25-14-22-21-13(23(14)3)15(16,17)18/h4-5H,6H2,1-3H3,(H,20,24). The molecule has 0 atom stereocenters. The molecule has 0 spiro atoms. The van der Waals surface area contributed by atoms with Gasteiger partial charge in [-0.25, -0.2) is 0 Å². The lowest BCUT2D eigenvalue weighted by molar-refractivity contribution is -0.147. The Morgan fingerprint density at radius 1 is 1.31 bits per heavy atom. The zero-order chi connectivity index (χ0) is 19.5. The number of hydrogen-bond donors (Lipinski definition) is 1. The molecule has 1 aromatic carbocycles. The molecule has 1 amide bonds. The molecular weight excluding hydrogens is 387 g/mol. The minimum Gasteiger partial charge on any atom is -0.325 e. The van der Waals surface area contributed by atoms with Gasteiger partial charge in [0.05, 0.1) is 5.75 Å². The number of hydrogen-bond acceptors (Lipinski definition) is 6. The second kappa shape index (κ2) is 8.01. The van der Waals surface area contributed by atoms with Crippen molar-refractivity contribution in [1.29, 1.82) is 5.26 Å². The first-order valence-electron chi connectivity index (χ1n) is 7.20. The molecule has 1 heterocycles. The highest BCUT2D eigenvalue weighted by Crippen LogP contribution is 2.30. The van der Waals surface area contributed by atoms with Crippen molar-refractivity contribution >= 4 is 35.1 Å². The number of benzene rings is 1. The lowest BCUT2D eigenvalue weighted by atomic mass is 10.1. The third-order valence-corrected chi connectivity index (χ3v) is 4.94. The van der Waals surface area contributed by atoms with Crippen LogP contribution in [0.15, 0.2) is 22.2 Å². The third kappa shape index (κ3) is 4.70. The number of nitriles is 1. The molecule has 0 aliphatic heterocycles. The fraction of sp³-hybridized carbons (Fsp3) is 0.333. The molecule has 26 heavy (non-hydrogen) atoms. The molecule has 0 bridgehead atoms. The Hall–Kier alpha value is -2.19. The highest BCUT2D eigenvalue weighted by molar-refractivity contribution is 8.03. The Balaban J connectivity index is 2.04. The topological polar surface area (TPSA) is 83.6 Å². The Bertz CT molecular complexity index is 850. The first kappa shape index (κ1) is 20.1. The number of halogens is 3. The van der Waals surface area contributed by atoms with Gasteiger partial charge in [0.15, 0.2) is 5.16 Å². The lowest BCUT2D eigenvalue weighted by Crippen LogP contribution is -2.17. The fourth-order valence-electron chi connectivity index (χ4n) is 2.23. The van der Waals surface area contributed by atoms with Gasteiger partial charge >= 0.3 is 6.18 Å². The van der Waals surface area contributed by atoms with Gasteiger partial charge in [0.1, 0.15) is 5.40 Å². The lowest BCUT2D eigenvalue weighted by Gasteiger charge is -2.13. The van der Waals surface area contributed by atoms with Crippen LogP contribution in [0.4, 0.5) is 18.9 Å². The van der Waals surface area contributed by atoms with Crippen molar-refractivity contribution in [2.24, 2.45) is 7.05 Å². The van der Waals surface area contributed by atoms with E-state index >= 15 is 0 Å². The molecule has 0 radical (unpaired) electrons. The van der Waals surface area contributed by atoms with Crippen molar-refractivity contribution in [3.8, 4) is 5.40 Å². The molecule has 0 aliphatic carbocycles. The molecule has 6 nitrogen and oxygen atoms in total. The van der Waals surface area contributed by atoms with Gasteiger partial charge in [-0.1, -0.05) is 11.8 Å². The number of aryl methyl sites for hydroxylation is 2. The average Bonchev–Trinajstić information content (AvgIpc) is 2.90. The van der Waals surface area contributed by atoms with E-state index in [-0.39, 0.29) is 16.8 Å². The first-order chi connectivity index (χ1) is 12.1. The van der Waals surface area contributed by atoms with Crippen molar-refractivity contribution in [1.82, 2.24) is 14.8 Å². The fourth-order valence-corrected chi connectivity index (χ4v) is 3.51.